The number of para-hydroxylation sites is 1. The van der Waals surface area contributed by atoms with Crippen molar-refractivity contribution in [1.29, 1.82) is 0 Å². The van der Waals surface area contributed by atoms with E-state index in [-0.39, 0.29) is 17.0 Å². The van der Waals surface area contributed by atoms with Gasteiger partial charge in [0.25, 0.3) is 0 Å². The molecule has 1 saturated heterocycles. The molecule has 5 rings (SSSR count). The van der Waals surface area contributed by atoms with Crippen molar-refractivity contribution in [2.24, 2.45) is 0 Å². The first-order chi connectivity index (χ1) is 14.7. The molecule has 1 aliphatic rings. The summed E-state index contributed by atoms with van der Waals surface area (Å²) >= 11 is 0. The zero-order chi connectivity index (χ0) is 20.5. The van der Waals surface area contributed by atoms with E-state index in [2.05, 4.69) is 15.1 Å². The van der Waals surface area contributed by atoms with Gasteiger partial charge in [-0.05, 0) is 29.8 Å². The van der Waals surface area contributed by atoms with Crippen molar-refractivity contribution in [1.82, 2.24) is 19.7 Å². The summed E-state index contributed by atoms with van der Waals surface area (Å²) in [5.74, 6) is 0.956. The highest BCUT2D eigenvalue weighted by Crippen LogP contribution is 2.46. The second-order valence-corrected chi connectivity index (χ2v) is 9.44. The van der Waals surface area contributed by atoms with Gasteiger partial charge in [-0.3, -0.25) is 0 Å². The van der Waals surface area contributed by atoms with Crippen LogP contribution in [0.15, 0.2) is 67.3 Å². The van der Waals surface area contributed by atoms with E-state index >= 15 is 0 Å². The lowest BCUT2D eigenvalue weighted by atomic mass is 10.0. The molecule has 30 heavy (non-hydrogen) atoms. The molecule has 3 unspecified atom stereocenters. The van der Waals surface area contributed by atoms with Crippen LogP contribution in [0.3, 0.4) is 0 Å². The maximum atomic E-state index is 13.9. The van der Waals surface area contributed by atoms with Crippen molar-refractivity contribution in [3.05, 3.63) is 78.6 Å². The number of ether oxygens (including phenoxy) is 1. The molecule has 1 fully saturated rings. The van der Waals surface area contributed by atoms with Gasteiger partial charge in [0.1, 0.15) is 12.1 Å². The smallest absolute Gasteiger partial charge is 0.165 e. The molecule has 0 saturated carbocycles. The third kappa shape index (κ3) is 3.64. The van der Waals surface area contributed by atoms with Gasteiger partial charge >= 0.3 is 0 Å². The highest BCUT2D eigenvalue weighted by Gasteiger charge is 2.37. The monoisotopic (exact) mass is 440 g/mol. The number of fused-ring (bicyclic) bond motifs is 1. The predicted molar refractivity (Wildman–Crippen MR) is 116 cm³/mol. The summed E-state index contributed by atoms with van der Waals surface area (Å²) < 4.78 is 21.4. The molecular formula is C21H17FN4O2S2. The quantitative estimate of drug-likeness (QED) is 0.459. The molecule has 1 N–H and O–H groups in total. The standard InChI is InChI=1S/C21H17FN4O2S2/c22-16-3-1-2-4-18(16)28-15-7-5-13(6-8-15)19(20-17(27)11-29-30-20)26-21-14(10-25-26)9-23-12-24-21/h1-10,12,17,19-20,27H,11H2. The molecule has 4 aromatic rings. The minimum atomic E-state index is -0.472. The van der Waals surface area contributed by atoms with Gasteiger partial charge in [0, 0.05) is 11.9 Å². The summed E-state index contributed by atoms with van der Waals surface area (Å²) in [6.45, 7) is 0. The lowest BCUT2D eigenvalue weighted by Crippen LogP contribution is -2.32. The Hall–Kier alpha value is -2.62. The molecule has 3 heterocycles. The van der Waals surface area contributed by atoms with Gasteiger partial charge in [0.2, 0.25) is 0 Å². The van der Waals surface area contributed by atoms with Crippen molar-refractivity contribution >= 4 is 32.6 Å². The number of hydrogen-bond donors (Lipinski definition) is 1. The molecule has 0 bridgehead atoms. The molecule has 9 heteroatoms. The van der Waals surface area contributed by atoms with Gasteiger partial charge in [-0.2, -0.15) is 5.10 Å². The van der Waals surface area contributed by atoms with Crippen molar-refractivity contribution in [3.8, 4) is 11.5 Å². The van der Waals surface area contributed by atoms with Crippen LogP contribution in [0.5, 0.6) is 11.5 Å². The van der Waals surface area contributed by atoms with Crippen LogP contribution in [0.1, 0.15) is 11.6 Å². The van der Waals surface area contributed by atoms with Crippen LogP contribution in [0.2, 0.25) is 0 Å². The summed E-state index contributed by atoms with van der Waals surface area (Å²) in [5, 5.41) is 15.9. The van der Waals surface area contributed by atoms with E-state index in [4.69, 9.17) is 4.74 Å². The average Bonchev–Trinajstić information content (AvgIpc) is 3.38. The summed E-state index contributed by atoms with van der Waals surface area (Å²) in [6.07, 6.45) is 4.48. The Morgan fingerprint density at radius 1 is 1.13 bits per heavy atom. The fraction of sp³-hybridized carbons (Fsp3) is 0.190. The summed E-state index contributed by atoms with van der Waals surface area (Å²) in [7, 11) is 3.30. The second-order valence-electron chi connectivity index (χ2n) is 6.85. The van der Waals surface area contributed by atoms with Crippen molar-refractivity contribution in [2.45, 2.75) is 17.4 Å². The molecular weight excluding hydrogens is 423 g/mol. The SMILES string of the molecule is OC1CSSC1C(c1ccc(Oc2ccccc2F)cc1)n1ncc2cncnc21. The van der Waals surface area contributed by atoms with Gasteiger partial charge in [0.05, 0.1) is 29.0 Å². The van der Waals surface area contributed by atoms with Crippen LogP contribution in [-0.4, -0.2) is 42.0 Å². The fourth-order valence-corrected chi connectivity index (χ4v) is 6.60. The maximum absolute atomic E-state index is 13.9. The molecule has 0 spiro atoms. The minimum absolute atomic E-state index is 0.0913. The van der Waals surface area contributed by atoms with Crippen LogP contribution >= 0.6 is 21.6 Å². The van der Waals surface area contributed by atoms with E-state index < -0.39 is 11.9 Å². The van der Waals surface area contributed by atoms with E-state index in [1.54, 1.807) is 64.3 Å². The Morgan fingerprint density at radius 3 is 2.73 bits per heavy atom. The largest absolute Gasteiger partial charge is 0.454 e. The summed E-state index contributed by atoms with van der Waals surface area (Å²) in [5.41, 5.74) is 1.67. The van der Waals surface area contributed by atoms with Crippen LogP contribution in [0, 0.1) is 5.82 Å². The first-order valence-corrected chi connectivity index (χ1v) is 11.7. The number of benzene rings is 2. The maximum Gasteiger partial charge on any atom is 0.165 e. The van der Waals surface area contributed by atoms with Gasteiger partial charge in [-0.1, -0.05) is 45.9 Å². The van der Waals surface area contributed by atoms with E-state index in [0.29, 0.717) is 17.1 Å². The first kappa shape index (κ1) is 19.3. The predicted octanol–water partition coefficient (Wildman–Crippen LogP) is 4.47. The van der Waals surface area contributed by atoms with Crippen LogP contribution in [0.25, 0.3) is 11.0 Å². The number of rotatable bonds is 5. The molecule has 6 nitrogen and oxygen atoms in total. The number of halogens is 1. The lowest BCUT2D eigenvalue weighted by Gasteiger charge is -2.26. The zero-order valence-corrected chi connectivity index (χ0v) is 17.3. The van der Waals surface area contributed by atoms with Crippen LogP contribution < -0.4 is 4.74 Å². The minimum Gasteiger partial charge on any atom is -0.454 e. The number of aliphatic hydroxyl groups excluding tert-OH is 1. The fourth-order valence-electron chi connectivity index (χ4n) is 3.47. The van der Waals surface area contributed by atoms with E-state index in [1.807, 2.05) is 16.8 Å². The normalized spacial score (nSPS) is 19.8. The third-order valence-corrected chi connectivity index (χ3v) is 7.81. The van der Waals surface area contributed by atoms with E-state index in [9.17, 15) is 9.50 Å². The molecule has 2 aromatic heterocycles. The Morgan fingerprint density at radius 2 is 1.97 bits per heavy atom. The molecule has 152 valence electrons. The molecule has 0 amide bonds. The Kier molecular flexibility index (Phi) is 5.32. The van der Waals surface area contributed by atoms with Gasteiger partial charge < -0.3 is 9.84 Å². The van der Waals surface area contributed by atoms with Crippen molar-refractivity contribution < 1.29 is 14.2 Å². The number of nitrogens with zero attached hydrogens (tertiary/aromatic N) is 4. The Balaban J connectivity index is 1.51. The van der Waals surface area contributed by atoms with Crippen LogP contribution in [0.4, 0.5) is 4.39 Å². The van der Waals surface area contributed by atoms with Crippen molar-refractivity contribution in [2.75, 3.05) is 5.75 Å². The number of aromatic nitrogens is 4. The van der Waals surface area contributed by atoms with Gasteiger partial charge in [-0.15, -0.1) is 0 Å². The first-order valence-electron chi connectivity index (χ1n) is 9.32. The zero-order valence-electron chi connectivity index (χ0n) is 15.6. The highest BCUT2D eigenvalue weighted by atomic mass is 33.1. The Labute approximate surface area is 179 Å². The highest BCUT2D eigenvalue weighted by molar-refractivity contribution is 8.77. The molecule has 0 radical (unpaired) electrons. The molecule has 0 aliphatic carbocycles. The second kappa shape index (κ2) is 8.25. The van der Waals surface area contributed by atoms with Gasteiger partial charge in [-0.25, -0.2) is 19.0 Å². The lowest BCUT2D eigenvalue weighted by molar-refractivity contribution is 0.182. The molecule has 2 aromatic carbocycles. The Bertz CT molecular complexity index is 1170. The number of aliphatic hydroxyl groups is 1. The van der Waals surface area contributed by atoms with E-state index in [1.165, 1.54) is 12.4 Å². The topological polar surface area (TPSA) is 73.1 Å². The number of hydrogen-bond acceptors (Lipinski definition) is 7. The van der Waals surface area contributed by atoms with E-state index in [0.717, 1.165) is 10.9 Å². The summed E-state index contributed by atoms with van der Waals surface area (Å²) in [6, 6.07) is 13.5. The average molecular weight is 441 g/mol. The third-order valence-electron chi connectivity index (χ3n) is 4.91. The van der Waals surface area contributed by atoms with Crippen LogP contribution in [-0.2, 0) is 0 Å². The molecule has 3 atom stereocenters. The van der Waals surface area contributed by atoms with Gasteiger partial charge in [0.15, 0.2) is 17.2 Å². The van der Waals surface area contributed by atoms with Crippen molar-refractivity contribution in [3.63, 3.8) is 0 Å². The summed E-state index contributed by atoms with van der Waals surface area (Å²) in [4.78, 5) is 8.45. The molecule has 1 aliphatic heterocycles.